The number of pyridine rings is 1. The van der Waals surface area contributed by atoms with E-state index in [1.165, 1.54) is 24.4 Å². The van der Waals surface area contributed by atoms with Crippen molar-refractivity contribution in [2.24, 2.45) is 5.73 Å². The third-order valence-electron chi connectivity index (χ3n) is 2.35. The van der Waals surface area contributed by atoms with E-state index < -0.39 is 10.8 Å². The molecule has 1 aromatic carbocycles. The predicted octanol–water partition coefficient (Wildman–Crippen LogP) is 2.64. The molecule has 2 N–H and O–H groups in total. The van der Waals surface area contributed by atoms with Gasteiger partial charge in [-0.05, 0) is 28.1 Å². The lowest BCUT2D eigenvalue weighted by molar-refractivity contribution is -0.386. The molecule has 0 unspecified atom stereocenters. The number of hydrogen-bond donors (Lipinski definition) is 1. The molecule has 1 heterocycles. The lowest BCUT2D eigenvalue weighted by Crippen LogP contribution is -2.12. The number of halogens is 1. The molecule has 0 atom stereocenters. The number of ether oxygens (including phenoxy) is 1. The van der Waals surface area contributed by atoms with Crippen molar-refractivity contribution < 1.29 is 14.5 Å². The molecule has 0 aliphatic rings. The number of primary amides is 1. The van der Waals surface area contributed by atoms with Gasteiger partial charge in [0.05, 0.1) is 10.5 Å². The lowest BCUT2D eigenvalue weighted by Gasteiger charge is -2.08. The maximum atomic E-state index is 11.3. The summed E-state index contributed by atoms with van der Waals surface area (Å²) < 4.78 is 5.79. The Kier molecular flexibility index (Phi) is 3.94. The summed E-state index contributed by atoms with van der Waals surface area (Å²) in [5.41, 5.74) is 5.01. The average Bonchev–Trinajstić information content (AvgIpc) is 2.41. The van der Waals surface area contributed by atoms with Crippen LogP contribution in [0.15, 0.2) is 41.0 Å². The lowest BCUT2D eigenvalue weighted by atomic mass is 10.2. The van der Waals surface area contributed by atoms with Crippen LogP contribution in [0.1, 0.15) is 10.4 Å². The number of amides is 1. The Morgan fingerprint density at radius 2 is 2.10 bits per heavy atom. The quantitative estimate of drug-likeness (QED) is 0.681. The number of aromatic nitrogens is 1. The molecule has 2 aromatic rings. The summed E-state index contributed by atoms with van der Waals surface area (Å²) >= 11 is 3.09. The van der Waals surface area contributed by atoms with Gasteiger partial charge in [-0.2, -0.15) is 0 Å². The van der Waals surface area contributed by atoms with Gasteiger partial charge in [-0.25, -0.2) is 4.98 Å². The molecular formula is C12H8BrN3O4. The summed E-state index contributed by atoms with van der Waals surface area (Å²) in [4.78, 5) is 25.4. The summed E-state index contributed by atoms with van der Waals surface area (Å²) in [6.07, 6.45) is 1.36. The minimum Gasteiger partial charge on any atom is -0.433 e. The highest BCUT2D eigenvalue weighted by Crippen LogP contribution is 2.32. The number of nitrogens with two attached hydrogens (primary N) is 1. The highest BCUT2D eigenvalue weighted by molar-refractivity contribution is 9.10. The van der Waals surface area contributed by atoms with Crippen molar-refractivity contribution in [1.82, 2.24) is 4.98 Å². The molecule has 20 heavy (non-hydrogen) atoms. The minimum absolute atomic E-state index is 0.109. The molecule has 0 spiro atoms. The van der Waals surface area contributed by atoms with Gasteiger partial charge >= 0.3 is 5.69 Å². The summed E-state index contributed by atoms with van der Waals surface area (Å²) in [5, 5.41) is 11.0. The fraction of sp³-hybridized carbons (Fsp3) is 0. The average molecular weight is 338 g/mol. The third kappa shape index (κ3) is 2.91. The number of nitro groups is 1. The SMILES string of the molecule is NC(=O)c1ccccc1Oc1ncc(Br)cc1[N+](=O)[O-]. The van der Waals surface area contributed by atoms with E-state index in [9.17, 15) is 14.9 Å². The molecule has 2 rings (SSSR count). The van der Waals surface area contributed by atoms with E-state index in [1.807, 2.05) is 0 Å². The van der Waals surface area contributed by atoms with E-state index in [4.69, 9.17) is 10.5 Å². The van der Waals surface area contributed by atoms with Crippen molar-refractivity contribution >= 4 is 27.5 Å². The molecule has 0 aliphatic carbocycles. The van der Waals surface area contributed by atoms with Crippen LogP contribution in [0.3, 0.4) is 0 Å². The van der Waals surface area contributed by atoms with Crippen LogP contribution in [0.2, 0.25) is 0 Å². The van der Waals surface area contributed by atoms with Crippen molar-refractivity contribution in [2.75, 3.05) is 0 Å². The molecule has 0 saturated carbocycles. The first kappa shape index (κ1) is 13.9. The Bertz CT molecular complexity index is 690. The highest BCUT2D eigenvalue weighted by atomic mass is 79.9. The maximum Gasteiger partial charge on any atom is 0.332 e. The molecule has 1 aromatic heterocycles. The largest absolute Gasteiger partial charge is 0.433 e. The molecule has 0 saturated heterocycles. The molecule has 102 valence electrons. The smallest absolute Gasteiger partial charge is 0.332 e. The fourth-order valence-corrected chi connectivity index (χ4v) is 1.81. The number of benzene rings is 1. The maximum absolute atomic E-state index is 11.3. The van der Waals surface area contributed by atoms with E-state index in [0.717, 1.165) is 0 Å². The van der Waals surface area contributed by atoms with Crippen LogP contribution in [0.25, 0.3) is 0 Å². The van der Waals surface area contributed by atoms with Gasteiger partial charge in [0, 0.05) is 16.7 Å². The van der Waals surface area contributed by atoms with Crippen LogP contribution in [0.4, 0.5) is 5.69 Å². The van der Waals surface area contributed by atoms with Gasteiger partial charge in [-0.1, -0.05) is 12.1 Å². The molecule has 0 bridgehead atoms. The van der Waals surface area contributed by atoms with Crippen LogP contribution < -0.4 is 10.5 Å². The van der Waals surface area contributed by atoms with Crippen molar-refractivity contribution in [1.29, 1.82) is 0 Å². The summed E-state index contributed by atoms with van der Waals surface area (Å²) in [5.74, 6) is -0.801. The second-order valence-electron chi connectivity index (χ2n) is 3.70. The zero-order valence-electron chi connectivity index (χ0n) is 9.95. The topological polar surface area (TPSA) is 108 Å². The molecular weight excluding hydrogens is 330 g/mol. The van der Waals surface area contributed by atoms with Crippen LogP contribution >= 0.6 is 15.9 Å². The number of carbonyl (C=O) groups is 1. The Morgan fingerprint density at radius 1 is 1.40 bits per heavy atom. The fourth-order valence-electron chi connectivity index (χ4n) is 1.49. The Labute approximate surface area is 121 Å². The second-order valence-corrected chi connectivity index (χ2v) is 4.61. The van der Waals surface area contributed by atoms with Gasteiger partial charge in [0.2, 0.25) is 0 Å². The highest BCUT2D eigenvalue weighted by Gasteiger charge is 2.20. The van der Waals surface area contributed by atoms with E-state index in [0.29, 0.717) is 4.47 Å². The standard InChI is InChI=1S/C12H8BrN3O4/c13-7-5-9(16(18)19)12(15-6-7)20-10-4-2-1-3-8(10)11(14)17/h1-6H,(H2,14,17). The molecule has 1 amide bonds. The zero-order chi connectivity index (χ0) is 14.7. The van der Waals surface area contributed by atoms with Crippen molar-refractivity contribution in [3.05, 3.63) is 56.7 Å². The molecule has 0 radical (unpaired) electrons. The molecule has 0 fully saturated rings. The Hall–Kier alpha value is -2.48. The van der Waals surface area contributed by atoms with Gasteiger partial charge in [0.1, 0.15) is 5.75 Å². The first-order valence-electron chi connectivity index (χ1n) is 5.35. The zero-order valence-corrected chi connectivity index (χ0v) is 11.5. The van der Waals surface area contributed by atoms with E-state index in [2.05, 4.69) is 20.9 Å². The van der Waals surface area contributed by atoms with E-state index >= 15 is 0 Å². The molecule has 0 aliphatic heterocycles. The van der Waals surface area contributed by atoms with Crippen LogP contribution in [-0.2, 0) is 0 Å². The molecule has 8 heteroatoms. The monoisotopic (exact) mass is 337 g/mol. The normalized spacial score (nSPS) is 10.1. The van der Waals surface area contributed by atoms with E-state index in [1.54, 1.807) is 12.1 Å². The van der Waals surface area contributed by atoms with Crippen molar-refractivity contribution in [3.8, 4) is 11.6 Å². The summed E-state index contributed by atoms with van der Waals surface area (Å²) in [6.45, 7) is 0. The first-order valence-corrected chi connectivity index (χ1v) is 6.15. The number of carbonyl (C=O) groups excluding carboxylic acids is 1. The van der Waals surface area contributed by atoms with Crippen LogP contribution in [0, 0.1) is 10.1 Å². The Balaban J connectivity index is 2.45. The van der Waals surface area contributed by atoms with Gasteiger partial charge in [-0.3, -0.25) is 14.9 Å². The number of rotatable bonds is 4. The second kappa shape index (κ2) is 5.66. The predicted molar refractivity (Wildman–Crippen MR) is 73.6 cm³/mol. The molecule has 7 nitrogen and oxygen atoms in total. The van der Waals surface area contributed by atoms with Gasteiger partial charge in [0.25, 0.3) is 11.8 Å². The number of para-hydroxylation sites is 1. The number of hydrogen-bond acceptors (Lipinski definition) is 5. The summed E-state index contributed by atoms with van der Waals surface area (Å²) in [6, 6.07) is 7.42. The number of nitrogens with zero attached hydrogens (tertiary/aromatic N) is 2. The van der Waals surface area contributed by atoms with Crippen molar-refractivity contribution in [3.63, 3.8) is 0 Å². The van der Waals surface area contributed by atoms with E-state index in [-0.39, 0.29) is 22.9 Å². The minimum atomic E-state index is -0.694. The first-order chi connectivity index (χ1) is 9.49. The van der Waals surface area contributed by atoms with Gasteiger partial charge in [0.15, 0.2) is 0 Å². The van der Waals surface area contributed by atoms with Crippen molar-refractivity contribution in [2.45, 2.75) is 0 Å². The van der Waals surface area contributed by atoms with Crippen LogP contribution in [-0.4, -0.2) is 15.8 Å². The van der Waals surface area contributed by atoms with Gasteiger partial charge < -0.3 is 10.5 Å². The third-order valence-corrected chi connectivity index (χ3v) is 2.79. The van der Waals surface area contributed by atoms with Gasteiger partial charge in [-0.15, -0.1) is 0 Å². The van der Waals surface area contributed by atoms with Crippen LogP contribution in [0.5, 0.6) is 11.6 Å². The Morgan fingerprint density at radius 3 is 2.75 bits per heavy atom. The summed E-state index contributed by atoms with van der Waals surface area (Å²) in [7, 11) is 0.